The van der Waals surface area contributed by atoms with E-state index < -0.39 is 47.1 Å². The molecule has 1 aromatic rings. The summed E-state index contributed by atoms with van der Waals surface area (Å²) in [5.41, 5.74) is -3.08. The highest BCUT2D eigenvalue weighted by Crippen LogP contribution is 2.46. The summed E-state index contributed by atoms with van der Waals surface area (Å²) < 4.78 is 64.3. The zero-order valence-corrected chi connectivity index (χ0v) is 12.5. The van der Waals surface area contributed by atoms with E-state index in [1.54, 1.807) is 0 Å². The molecule has 1 aliphatic rings. The number of carboxylic acids is 1. The molecule has 0 amide bonds. The van der Waals surface area contributed by atoms with Crippen LogP contribution in [0.25, 0.3) is 0 Å². The molecule has 22 heavy (non-hydrogen) atoms. The number of hydrogen-bond acceptors (Lipinski definition) is 3. The second-order valence-corrected chi connectivity index (χ2v) is 7.30. The fourth-order valence-corrected chi connectivity index (χ4v) is 3.89. The molecule has 0 bridgehead atoms. The third-order valence-electron chi connectivity index (χ3n) is 3.64. The molecule has 1 fully saturated rings. The van der Waals surface area contributed by atoms with Gasteiger partial charge >= 0.3 is 12.1 Å². The van der Waals surface area contributed by atoms with E-state index in [4.69, 9.17) is 16.7 Å². The summed E-state index contributed by atoms with van der Waals surface area (Å²) in [5.74, 6) is -2.08. The molecule has 0 aliphatic carbocycles. The molecule has 1 saturated heterocycles. The van der Waals surface area contributed by atoms with Gasteiger partial charge in [0.15, 0.2) is 5.41 Å². The van der Waals surface area contributed by atoms with Gasteiger partial charge in [-0.15, -0.1) is 0 Å². The molecule has 2 rings (SSSR count). The van der Waals surface area contributed by atoms with Crippen LogP contribution in [0.15, 0.2) is 29.2 Å². The smallest absolute Gasteiger partial charge is 0.406 e. The Morgan fingerprint density at radius 2 is 1.82 bits per heavy atom. The molecule has 122 valence electrons. The van der Waals surface area contributed by atoms with Gasteiger partial charge in [0.2, 0.25) is 10.0 Å². The van der Waals surface area contributed by atoms with Crippen LogP contribution < -0.4 is 0 Å². The topological polar surface area (TPSA) is 74.7 Å². The Morgan fingerprint density at radius 1 is 1.27 bits per heavy atom. The van der Waals surface area contributed by atoms with Crippen LogP contribution in [-0.2, 0) is 14.8 Å². The van der Waals surface area contributed by atoms with Crippen LogP contribution in [0.1, 0.15) is 6.42 Å². The van der Waals surface area contributed by atoms with Crippen molar-refractivity contribution in [2.75, 3.05) is 13.1 Å². The van der Waals surface area contributed by atoms with Crippen molar-refractivity contribution in [2.45, 2.75) is 17.5 Å². The van der Waals surface area contributed by atoms with Crippen molar-refractivity contribution < 1.29 is 31.5 Å². The third-order valence-corrected chi connectivity index (χ3v) is 5.75. The predicted octanol–water partition coefficient (Wildman–Crippen LogP) is 2.37. The van der Waals surface area contributed by atoms with Crippen molar-refractivity contribution in [1.29, 1.82) is 0 Å². The number of halogens is 4. The molecule has 0 radical (unpaired) electrons. The second-order valence-electron chi connectivity index (χ2n) is 4.93. The van der Waals surface area contributed by atoms with Gasteiger partial charge in [-0.2, -0.15) is 17.5 Å². The van der Waals surface area contributed by atoms with Gasteiger partial charge in [0.05, 0.1) is 4.90 Å². The van der Waals surface area contributed by atoms with Crippen LogP contribution in [0, 0.1) is 5.41 Å². The van der Waals surface area contributed by atoms with E-state index in [2.05, 4.69) is 0 Å². The first-order valence-corrected chi connectivity index (χ1v) is 7.88. The van der Waals surface area contributed by atoms with E-state index in [1.807, 2.05) is 0 Å². The molecule has 1 heterocycles. The Hall–Kier alpha value is -1.32. The molecule has 1 N–H and O–H groups in total. The Labute approximate surface area is 129 Å². The van der Waals surface area contributed by atoms with Crippen LogP contribution in [-0.4, -0.2) is 43.1 Å². The number of aliphatic carboxylic acids is 1. The van der Waals surface area contributed by atoms with Crippen LogP contribution in [0.2, 0.25) is 5.02 Å². The number of benzene rings is 1. The number of rotatable bonds is 3. The number of sulfonamides is 1. The summed E-state index contributed by atoms with van der Waals surface area (Å²) in [6.45, 7) is -1.66. The first kappa shape index (κ1) is 17.0. The summed E-state index contributed by atoms with van der Waals surface area (Å²) in [6.07, 6.45) is -5.86. The van der Waals surface area contributed by atoms with E-state index in [1.165, 1.54) is 12.1 Å². The zero-order chi connectivity index (χ0) is 16.8. The van der Waals surface area contributed by atoms with Crippen LogP contribution >= 0.6 is 11.6 Å². The number of carboxylic acid groups (broad SMARTS) is 1. The summed E-state index contributed by atoms with van der Waals surface area (Å²) in [4.78, 5) is 10.8. The van der Waals surface area contributed by atoms with E-state index >= 15 is 0 Å². The van der Waals surface area contributed by atoms with Crippen molar-refractivity contribution in [3.8, 4) is 0 Å². The molecule has 1 aliphatic heterocycles. The van der Waals surface area contributed by atoms with E-state index in [0.29, 0.717) is 4.31 Å². The highest BCUT2D eigenvalue weighted by molar-refractivity contribution is 7.89. The number of carbonyl (C=O) groups is 1. The molecule has 0 spiro atoms. The Balaban J connectivity index is 2.36. The minimum Gasteiger partial charge on any atom is -0.481 e. The Bertz CT molecular complexity index is 689. The van der Waals surface area contributed by atoms with Crippen LogP contribution in [0.3, 0.4) is 0 Å². The first-order valence-electron chi connectivity index (χ1n) is 6.06. The van der Waals surface area contributed by atoms with E-state index in [-0.39, 0.29) is 9.92 Å². The molecule has 1 aromatic carbocycles. The lowest BCUT2D eigenvalue weighted by Gasteiger charge is -2.27. The second kappa shape index (κ2) is 5.39. The van der Waals surface area contributed by atoms with Gasteiger partial charge in [0.1, 0.15) is 0 Å². The highest BCUT2D eigenvalue weighted by Gasteiger charge is 2.65. The van der Waals surface area contributed by atoms with Crippen molar-refractivity contribution in [3.63, 3.8) is 0 Å². The van der Waals surface area contributed by atoms with Crippen molar-refractivity contribution in [3.05, 3.63) is 29.3 Å². The molecular weight excluding hydrogens is 347 g/mol. The van der Waals surface area contributed by atoms with Gasteiger partial charge in [-0.1, -0.05) is 11.6 Å². The van der Waals surface area contributed by atoms with Crippen molar-refractivity contribution in [2.24, 2.45) is 5.41 Å². The minimum atomic E-state index is -5.04. The molecule has 1 atom stereocenters. The van der Waals surface area contributed by atoms with Gasteiger partial charge in [0, 0.05) is 18.1 Å². The van der Waals surface area contributed by atoms with Crippen molar-refractivity contribution in [1.82, 2.24) is 4.31 Å². The maximum Gasteiger partial charge on any atom is 0.406 e. The largest absolute Gasteiger partial charge is 0.481 e. The summed E-state index contributed by atoms with van der Waals surface area (Å²) in [6, 6.07) is 4.90. The molecule has 0 aromatic heterocycles. The summed E-state index contributed by atoms with van der Waals surface area (Å²) in [7, 11) is -4.21. The quantitative estimate of drug-likeness (QED) is 0.901. The Morgan fingerprint density at radius 3 is 2.23 bits per heavy atom. The van der Waals surface area contributed by atoms with Crippen LogP contribution in [0.5, 0.6) is 0 Å². The first-order chi connectivity index (χ1) is 10.0. The third kappa shape index (κ3) is 2.68. The Kier molecular flexibility index (Phi) is 4.18. The molecule has 0 saturated carbocycles. The SMILES string of the molecule is O=C(O)C1(C(F)(F)F)CCN(S(=O)(=O)c2ccc(Cl)cc2)C1. The van der Waals surface area contributed by atoms with Crippen LogP contribution in [0.4, 0.5) is 13.2 Å². The molecular formula is C12H11ClF3NO4S. The van der Waals surface area contributed by atoms with E-state index in [0.717, 1.165) is 12.1 Å². The van der Waals surface area contributed by atoms with Gasteiger partial charge in [-0.05, 0) is 30.7 Å². The molecule has 10 heteroatoms. The molecule has 5 nitrogen and oxygen atoms in total. The lowest BCUT2D eigenvalue weighted by molar-refractivity contribution is -0.226. The highest BCUT2D eigenvalue weighted by atomic mass is 35.5. The lowest BCUT2D eigenvalue weighted by Crippen LogP contribution is -2.47. The fourth-order valence-electron chi connectivity index (χ4n) is 2.26. The standard InChI is InChI=1S/C12H11ClF3NO4S/c13-8-1-3-9(4-2-8)22(20,21)17-6-5-11(7-17,10(18)19)12(14,15)16/h1-4H,5-7H2,(H,18,19). The number of nitrogens with zero attached hydrogens (tertiary/aromatic N) is 1. The monoisotopic (exact) mass is 357 g/mol. The number of alkyl halides is 3. The fraction of sp³-hybridized carbons (Fsp3) is 0.417. The predicted molar refractivity (Wildman–Crippen MR) is 71.0 cm³/mol. The normalized spacial score (nSPS) is 23.6. The average Bonchev–Trinajstić information content (AvgIpc) is 2.85. The van der Waals surface area contributed by atoms with Gasteiger partial charge in [-0.3, -0.25) is 4.79 Å². The summed E-state index contributed by atoms with van der Waals surface area (Å²) >= 11 is 5.63. The average molecular weight is 358 g/mol. The zero-order valence-electron chi connectivity index (χ0n) is 11.0. The van der Waals surface area contributed by atoms with Crippen molar-refractivity contribution >= 4 is 27.6 Å². The lowest BCUT2D eigenvalue weighted by atomic mass is 9.86. The van der Waals surface area contributed by atoms with Gasteiger partial charge in [0.25, 0.3) is 0 Å². The maximum absolute atomic E-state index is 13.1. The van der Waals surface area contributed by atoms with E-state index in [9.17, 15) is 26.4 Å². The maximum atomic E-state index is 13.1. The van der Waals surface area contributed by atoms with Gasteiger partial charge in [-0.25, -0.2) is 8.42 Å². The van der Waals surface area contributed by atoms with Gasteiger partial charge < -0.3 is 5.11 Å². The minimum absolute atomic E-state index is 0.236. The number of hydrogen-bond donors (Lipinski definition) is 1. The molecule has 1 unspecified atom stereocenters. The summed E-state index contributed by atoms with van der Waals surface area (Å²) in [5, 5.41) is 9.20.